The van der Waals surface area contributed by atoms with E-state index in [4.69, 9.17) is 0 Å². The molecule has 3 rings (SSSR count). The van der Waals surface area contributed by atoms with Gasteiger partial charge < -0.3 is 10.2 Å². The van der Waals surface area contributed by atoms with Gasteiger partial charge in [-0.3, -0.25) is 19.8 Å². The lowest BCUT2D eigenvalue weighted by atomic mass is 10.2. The number of nitro groups is 1. The highest BCUT2D eigenvalue weighted by atomic mass is 79.9. The number of rotatable bonds is 6. The number of anilines is 1. The highest BCUT2D eigenvalue weighted by molar-refractivity contribution is 9.10. The van der Waals surface area contributed by atoms with Crippen molar-refractivity contribution in [2.45, 2.75) is 31.7 Å². The second-order valence-corrected chi connectivity index (χ2v) is 7.60. The van der Waals surface area contributed by atoms with Crippen LogP contribution in [0.1, 0.15) is 25.7 Å². The van der Waals surface area contributed by atoms with E-state index in [1.54, 1.807) is 6.07 Å². The van der Waals surface area contributed by atoms with Crippen molar-refractivity contribution >= 4 is 33.2 Å². The Kier molecular flexibility index (Phi) is 6.03. The standard InChI is InChI=1S/C17H23BrN4O3/c18-15-10-13(22(24)25)5-6-16(15)19-17(23)12-21-9-3-4-14(21)11-20-7-1-2-8-20/h5-6,10,14H,1-4,7-9,11-12H2,(H,19,23). The van der Waals surface area contributed by atoms with E-state index in [9.17, 15) is 14.9 Å². The summed E-state index contributed by atoms with van der Waals surface area (Å²) in [5.74, 6) is -0.0807. The molecule has 7 nitrogen and oxygen atoms in total. The van der Waals surface area contributed by atoms with Gasteiger partial charge in [0.05, 0.1) is 17.2 Å². The van der Waals surface area contributed by atoms with Gasteiger partial charge >= 0.3 is 0 Å². The fraction of sp³-hybridized carbons (Fsp3) is 0.588. The Morgan fingerprint density at radius 2 is 2.04 bits per heavy atom. The third kappa shape index (κ3) is 4.77. The van der Waals surface area contributed by atoms with Crippen LogP contribution in [0, 0.1) is 10.1 Å². The lowest BCUT2D eigenvalue weighted by molar-refractivity contribution is -0.384. The summed E-state index contributed by atoms with van der Waals surface area (Å²) in [5.41, 5.74) is 0.556. The molecule has 25 heavy (non-hydrogen) atoms. The molecule has 0 aliphatic carbocycles. The molecule has 2 aliphatic rings. The molecule has 0 bridgehead atoms. The molecule has 2 heterocycles. The molecular weight excluding hydrogens is 388 g/mol. The number of carbonyl (C=O) groups excluding carboxylic acids is 1. The summed E-state index contributed by atoms with van der Waals surface area (Å²) in [7, 11) is 0. The van der Waals surface area contributed by atoms with Crippen molar-refractivity contribution in [3.8, 4) is 0 Å². The van der Waals surface area contributed by atoms with Gasteiger partial charge in [-0.1, -0.05) is 0 Å². The Balaban J connectivity index is 1.55. The van der Waals surface area contributed by atoms with E-state index in [1.807, 2.05) is 0 Å². The smallest absolute Gasteiger partial charge is 0.270 e. The zero-order valence-electron chi connectivity index (χ0n) is 14.1. The van der Waals surface area contributed by atoms with E-state index in [0.717, 1.165) is 25.9 Å². The SMILES string of the molecule is O=C(CN1CCCC1CN1CCCC1)Nc1ccc([N+](=O)[O-])cc1Br. The van der Waals surface area contributed by atoms with Crippen LogP contribution < -0.4 is 5.32 Å². The fourth-order valence-corrected chi connectivity index (χ4v) is 4.13. The van der Waals surface area contributed by atoms with Crippen LogP contribution in [0.4, 0.5) is 11.4 Å². The first kappa shape index (κ1) is 18.3. The Hall–Kier alpha value is -1.51. The van der Waals surface area contributed by atoms with Crippen LogP contribution in [0.15, 0.2) is 22.7 Å². The molecule has 0 spiro atoms. The highest BCUT2D eigenvalue weighted by Gasteiger charge is 2.28. The average molecular weight is 411 g/mol. The third-order valence-corrected chi connectivity index (χ3v) is 5.61. The zero-order valence-corrected chi connectivity index (χ0v) is 15.7. The highest BCUT2D eigenvalue weighted by Crippen LogP contribution is 2.27. The molecular formula is C17H23BrN4O3. The number of nitrogens with one attached hydrogen (secondary N) is 1. The lowest BCUT2D eigenvalue weighted by Crippen LogP contribution is -2.42. The molecule has 2 fully saturated rings. The van der Waals surface area contributed by atoms with Crippen LogP contribution in [0.3, 0.4) is 0 Å². The molecule has 0 radical (unpaired) electrons. The lowest BCUT2D eigenvalue weighted by Gasteiger charge is -2.28. The normalized spacial score (nSPS) is 21.6. The van der Waals surface area contributed by atoms with Crippen molar-refractivity contribution in [1.82, 2.24) is 9.80 Å². The second-order valence-electron chi connectivity index (χ2n) is 6.74. The van der Waals surface area contributed by atoms with Crippen LogP contribution in [-0.2, 0) is 4.79 Å². The molecule has 1 atom stereocenters. The summed E-state index contributed by atoms with van der Waals surface area (Å²) in [6, 6.07) is 4.81. The maximum absolute atomic E-state index is 12.4. The number of nitrogens with zero attached hydrogens (tertiary/aromatic N) is 3. The Morgan fingerprint density at radius 1 is 1.28 bits per heavy atom. The number of halogens is 1. The number of likely N-dealkylation sites (tertiary alicyclic amines) is 2. The number of amides is 1. The van der Waals surface area contributed by atoms with Gasteiger partial charge in [-0.2, -0.15) is 0 Å². The van der Waals surface area contributed by atoms with Crippen LogP contribution in [0.5, 0.6) is 0 Å². The maximum atomic E-state index is 12.4. The molecule has 2 aliphatic heterocycles. The molecule has 1 unspecified atom stereocenters. The fourth-order valence-electron chi connectivity index (χ4n) is 3.67. The third-order valence-electron chi connectivity index (χ3n) is 4.95. The van der Waals surface area contributed by atoms with Gasteiger partial charge in [0.2, 0.25) is 5.91 Å². The van der Waals surface area contributed by atoms with Crippen molar-refractivity contribution in [2.24, 2.45) is 0 Å². The largest absolute Gasteiger partial charge is 0.324 e. The van der Waals surface area contributed by atoms with Gasteiger partial charge in [-0.25, -0.2) is 0 Å². The van der Waals surface area contributed by atoms with E-state index < -0.39 is 4.92 Å². The van der Waals surface area contributed by atoms with Crippen LogP contribution in [0.25, 0.3) is 0 Å². The molecule has 1 aromatic rings. The Bertz CT molecular complexity index is 649. The van der Waals surface area contributed by atoms with Gasteiger partial charge in [-0.15, -0.1) is 0 Å². The van der Waals surface area contributed by atoms with E-state index >= 15 is 0 Å². The van der Waals surface area contributed by atoms with Crippen LogP contribution >= 0.6 is 15.9 Å². The first-order valence-corrected chi connectivity index (χ1v) is 9.52. The quantitative estimate of drug-likeness (QED) is 0.575. The Morgan fingerprint density at radius 3 is 2.72 bits per heavy atom. The van der Waals surface area contributed by atoms with Gasteiger partial charge in [0, 0.05) is 29.2 Å². The molecule has 1 N–H and O–H groups in total. The van der Waals surface area contributed by atoms with Crippen LogP contribution in [-0.4, -0.2) is 59.4 Å². The van der Waals surface area contributed by atoms with E-state index in [-0.39, 0.29) is 11.6 Å². The van der Waals surface area contributed by atoms with Crippen molar-refractivity contribution in [2.75, 3.05) is 38.0 Å². The minimum Gasteiger partial charge on any atom is -0.324 e. The minimum absolute atomic E-state index is 0.00454. The van der Waals surface area contributed by atoms with Gasteiger partial charge in [0.15, 0.2) is 0 Å². The number of hydrogen-bond acceptors (Lipinski definition) is 5. The predicted octanol–water partition coefficient (Wildman–Crippen LogP) is 2.86. The predicted molar refractivity (Wildman–Crippen MR) is 99.7 cm³/mol. The average Bonchev–Trinajstić information content (AvgIpc) is 3.22. The monoisotopic (exact) mass is 410 g/mol. The van der Waals surface area contributed by atoms with Gasteiger partial charge in [0.25, 0.3) is 5.69 Å². The summed E-state index contributed by atoms with van der Waals surface area (Å²) < 4.78 is 0.519. The molecule has 1 aromatic carbocycles. The number of benzene rings is 1. The van der Waals surface area contributed by atoms with E-state index in [0.29, 0.717) is 22.7 Å². The van der Waals surface area contributed by atoms with Crippen LogP contribution in [0.2, 0.25) is 0 Å². The summed E-state index contributed by atoms with van der Waals surface area (Å²) in [5, 5.41) is 13.6. The molecule has 136 valence electrons. The van der Waals surface area contributed by atoms with Gasteiger partial charge in [0.1, 0.15) is 0 Å². The first-order valence-electron chi connectivity index (χ1n) is 8.73. The molecule has 0 aromatic heterocycles. The van der Waals surface area contributed by atoms with E-state index in [2.05, 4.69) is 31.0 Å². The van der Waals surface area contributed by atoms with Crippen molar-refractivity contribution in [3.05, 3.63) is 32.8 Å². The molecule has 2 saturated heterocycles. The van der Waals surface area contributed by atoms with Crippen molar-refractivity contribution in [3.63, 3.8) is 0 Å². The minimum atomic E-state index is -0.455. The summed E-state index contributed by atoms with van der Waals surface area (Å²) in [6.45, 7) is 4.71. The van der Waals surface area contributed by atoms with Crippen molar-refractivity contribution < 1.29 is 9.72 Å². The second kappa shape index (κ2) is 8.25. The Labute approximate surface area is 155 Å². The summed E-state index contributed by atoms with van der Waals surface area (Å²) in [6.07, 6.45) is 4.83. The number of hydrogen-bond donors (Lipinski definition) is 1. The number of non-ortho nitro benzene ring substituents is 1. The zero-order chi connectivity index (χ0) is 17.8. The molecule has 0 saturated carbocycles. The number of nitro benzene ring substituents is 1. The first-order chi connectivity index (χ1) is 12.0. The maximum Gasteiger partial charge on any atom is 0.270 e. The topological polar surface area (TPSA) is 78.7 Å². The summed E-state index contributed by atoms with van der Waals surface area (Å²) >= 11 is 3.29. The van der Waals surface area contributed by atoms with E-state index in [1.165, 1.54) is 38.1 Å². The van der Waals surface area contributed by atoms with Gasteiger partial charge in [-0.05, 0) is 67.3 Å². The van der Waals surface area contributed by atoms with Crippen molar-refractivity contribution in [1.29, 1.82) is 0 Å². The summed E-state index contributed by atoms with van der Waals surface area (Å²) in [4.78, 5) is 27.5. The molecule has 8 heteroatoms. The molecule has 1 amide bonds. The number of carbonyl (C=O) groups is 1.